The van der Waals surface area contributed by atoms with Crippen molar-refractivity contribution in [2.75, 3.05) is 19.5 Å². The maximum atomic E-state index is 11.3. The van der Waals surface area contributed by atoms with Crippen molar-refractivity contribution >= 4 is 40.8 Å². The molecule has 1 aromatic heterocycles. The summed E-state index contributed by atoms with van der Waals surface area (Å²) in [6.45, 7) is 5.56. The number of carboxylic acids is 1. The summed E-state index contributed by atoms with van der Waals surface area (Å²) in [7, 11) is 0. The first kappa shape index (κ1) is 26.3. The number of aliphatic carboxylic acids is 1. The van der Waals surface area contributed by atoms with Gasteiger partial charge in [-0.25, -0.2) is 4.79 Å². The monoisotopic (exact) mass is 465 g/mol. The van der Waals surface area contributed by atoms with Crippen LogP contribution in [0.4, 0.5) is 0 Å². The van der Waals surface area contributed by atoms with Crippen LogP contribution >= 0.6 is 11.8 Å². The van der Waals surface area contributed by atoms with Gasteiger partial charge in [-0.1, -0.05) is 24.3 Å². The molecule has 3 aromatic rings. The maximum Gasteiger partial charge on any atom is 0.333 e. The molecule has 0 radical (unpaired) electrons. The number of hydrogen-bond donors (Lipinski definition) is 1. The predicted molar refractivity (Wildman–Crippen MR) is 134 cm³/mol. The molecule has 0 unspecified atom stereocenters. The Balaban J connectivity index is 0.00000363. The van der Waals surface area contributed by atoms with Crippen LogP contribution < -0.4 is 4.74 Å². The number of nitrogens with zero attached hydrogens (tertiary/aromatic N) is 1. The van der Waals surface area contributed by atoms with Gasteiger partial charge in [-0.2, -0.15) is 0 Å². The van der Waals surface area contributed by atoms with Gasteiger partial charge in [-0.05, 0) is 67.6 Å². The summed E-state index contributed by atoms with van der Waals surface area (Å²) in [5.41, 5.74) is 4.47. The van der Waals surface area contributed by atoms with Crippen molar-refractivity contribution < 1.29 is 19.4 Å². The first-order chi connectivity index (χ1) is 15.0. The number of aryl methyl sites for hydroxylation is 1. The summed E-state index contributed by atoms with van der Waals surface area (Å²) < 4.78 is 13.5. The Kier molecular flexibility index (Phi) is 10.6. The minimum atomic E-state index is -0.942. The summed E-state index contributed by atoms with van der Waals surface area (Å²) in [5, 5.41) is 9.23. The second-order valence-electron chi connectivity index (χ2n) is 7.22. The van der Waals surface area contributed by atoms with Crippen LogP contribution in [0.5, 0.6) is 5.75 Å². The standard InChI is InChI=1S/C25H29NO4S.Mg.2H/c1-4-29-24(25(27)28)17-19-6-10-21(11-7-19)30-16-15-26-18(2)5-14-23(26)20-8-12-22(31-3)13-9-20;;;/h5-14,24H,4,15-17H2,1-3H3,(H,27,28);;;/t24-;;;/m0.../s1. The molecular weight excluding hydrogens is 435 g/mol. The number of hydrogen-bond acceptors (Lipinski definition) is 4. The highest BCUT2D eigenvalue weighted by Gasteiger charge is 2.17. The molecule has 3 rings (SSSR count). The summed E-state index contributed by atoms with van der Waals surface area (Å²) in [6.07, 6.45) is 1.59. The van der Waals surface area contributed by atoms with Crippen LogP contribution in [-0.4, -0.2) is 64.3 Å². The zero-order valence-corrected chi connectivity index (χ0v) is 19.0. The highest BCUT2D eigenvalue weighted by Crippen LogP contribution is 2.25. The lowest BCUT2D eigenvalue weighted by atomic mass is 10.1. The molecule has 0 bridgehead atoms. The van der Waals surface area contributed by atoms with Crippen LogP contribution in [-0.2, 0) is 22.5 Å². The van der Waals surface area contributed by atoms with E-state index in [2.05, 4.69) is 54.1 Å². The third-order valence-electron chi connectivity index (χ3n) is 5.16. The van der Waals surface area contributed by atoms with Gasteiger partial charge in [-0.3, -0.25) is 0 Å². The van der Waals surface area contributed by atoms with Gasteiger partial charge in [0, 0.05) is 29.3 Å². The molecule has 0 aliphatic carbocycles. The molecule has 0 aliphatic heterocycles. The van der Waals surface area contributed by atoms with Crippen molar-refractivity contribution in [3.63, 3.8) is 0 Å². The van der Waals surface area contributed by atoms with E-state index < -0.39 is 12.1 Å². The molecule has 168 valence electrons. The molecule has 0 fully saturated rings. The van der Waals surface area contributed by atoms with Gasteiger partial charge < -0.3 is 19.1 Å². The minimum Gasteiger partial charge on any atom is -0.492 e. The third-order valence-corrected chi connectivity index (χ3v) is 5.90. The van der Waals surface area contributed by atoms with Crippen LogP contribution in [0.25, 0.3) is 11.3 Å². The van der Waals surface area contributed by atoms with E-state index in [0.717, 1.165) is 17.9 Å². The van der Waals surface area contributed by atoms with Crippen molar-refractivity contribution in [1.29, 1.82) is 0 Å². The molecule has 5 nitrogen and oxygen atoms in total. The normalized spacial score (nSPS) is 11.6. The van der Waals surface area contributed by atoms with Gasteiger partial charge in [0.2, 0.25) is 0 Å². The fraction of sp³-hybridized carbons (Fsp3) is 0.320. The molecule has 1 heterocycles. The predicted octanol–water partition coefficient (Wildman–Crippen LogP) is 4.38. The zero-order valence-electron chi connectivity index (χ0n) is 18.2. The topological polar surface area (TPSA) is 60.7 Å². The zero-order chi connectivity index (χ0) is 22.2. The summed E-state index contributed by atoms with van der Waals surface area (Å²) in [6, 6.07) is 20.4. The SMILES string of the molecule is CCO[C@@H](Cc1ccc(OCCn2c(C)ccc2-c2ccc(SC)cc2)cc1)C(=O)O.[MgH2]. The quantitative estimate of drug-likeness (QED) is 0.336. The minimum absolute atomic E-state index is 0. The molecule has 0 saturated heterocycles. The van der Waals surface area contributed by atoms with E-state index in [0.29, 0.717) is 19.6 Å². The van der Waals surface area contributed by atoms with Crippen LogP contribution in [0.2, 0.25) is 0 Å². The van der Waals surface area contributed by atoms with E-state index in [4.69, 9.17) is 9.47 Å². The molecule has 0 aliphatic rings. The van der Waals surface area contributed by atoms with Crippen LogP contribution in [0.1, 0.15) is 18.2 Å². The molecule has 0 spiro atoms. The van der Waals surface area contributed by atoms with E-state index in [-0.39, 0.29) is 23.1 Å². The smallest absolute Gasteiger partial charge is 0.333 e. The van der Waals surface area contributed by atoms with Crippen molar-refractivity contribution in [3.8, 4) is 17.0 Å². The van der Waals surface area contributed by atoms with Gasteiger partial charge in [0.1, 0.15) is 12.4 Å². The van der Waals surface area contributed by atoms with Crippen molar-refractivity contribution in [1.82, 2.24) is 4.57 Å². The van der Waals surface area contributed by atoms with Crippen LogP contribution in [0.3, 0.4) is 0 Å². The van der Waals surface area contributed by atoms with Gasteiger partial charge in [-0.15, -0.1) is 11.8 Å². The number of aromatic nitrogens is 1. The van der Waals surface area contributed by atoms with Crippen LogP contribution in [0.15, 0.2) is 65.6 Å². The lowest BCUT2D eigenvalue weighted by Gasteiger charge is -2.14. The summed E-state index contributed by atoms with van der Waals surface area (Å²) in [4.78, 5) is 12.5. The van der Waals surface area contributed by atoms with E-state index in [1.165, 1.54) is 21.8 Å². The van der Waals surface area contributed by atoms with Crippen molar-refractivity contribution in [2.24, 2.45) is 0 Å². The molecule has 1 atom stereocenters. The molecule has 2 aromatic carbocycles. The average Bonchev–Trinajstić information content (AvgIpc) is 3.15. The molecule has 7 heteroatoms. The Hall–Kier alpha value is -1.93. The fourth-order valence-corrected chi connectivity index (χ4v) is 3.90. The Labute approximate surface area is 210 Å². The molecular formula is C25H31MgNO4S. The Morgan fingerprint density at radius 2 is 1.75 bits per heavy atom. The molecule has 0 saturated carbocycles. The maximum absolute atomic E-state index is 11.3. The van der Waals surface area contributed by atoms with Crippen molar-refractivity contribution in [3.05, 3.63) is 71.9 Å². The highest BCUT2D eigenvalue weighted by molar-refractivity contribution is 7.98. The number of rotatable bonds is 11. The van der Waals surface area contributed by atoms with E-state index in [9.17, 15) is 9.90 Å². The Morgan fingerprint density at radius 3 is 2.34 bits per heavy atom. The second kappa shape index (κ2) is 12.9. The summed E-state index contributed by atoms with van der Waals surface area (Å²) >= 11 is 1.74. The number of carbonyl (C=O) groups is 1. The second-order valence-corrected chi connectivity index (χ2v) is 8.10. The molecule has 0 amide bonds. The number of benzene rings is 2. The Bertz CT molecular complexity index is 986. The first-order valence-corrected chi connectivity index (χ1v) is 11.6. The average molecular weight is 466 g/mol. The van der Waals surface area contributed by atoms with E-state index in [1.807, 2.05) is 24.3 Å². The lowest BCUT2D eigenvalue weighted by Crippen LogP contribution is -2.26. The van der Waals surface area contributed by atoms with Crippen LogP contribution in [0, 0.1) is 6.92 Å². The number of ether oxygens (including phenoxy) is 2. The number of carboxylic acid groups (broad SMARTS) is 1. The van der Waals surface area contributed by atoms with Gasteiger partial charge in [0.05, 0.1) is 6.54 Å². The fourth-order valence-electron chi connectivity index (χ4n) is 3.49. The van der Waals surface area contributed by atoms with E-state index >= 15 is 0 Å². The highest BCUT2D eigenvalue weighted by atomic mass is 32.2. The first-order valence-electron chi connectivity index (χ1n) is 10.4. The third kappa shape index (κ3) is 7.03. The molecule has 1 N–H and O–H groups in total. The Morgan fingerprint density at radius 1 is 1.06 bits per heavy atom. The van der Waals surface area contributed by atoms with Gasteiger partial charge in [0.15, 0.2) is 6.10 Å². The van der Waals surface area contributed by atoms with Gasteiger partial charge in [0.25, 0.3) is 0 Å². The lowest BCUT2D eigenvalue weighted by molar-refractivity contribution is -0.149. The van der Waals surface area contributed by atoms with E-state index in [1.54, 1.807) is 18.7 Å². The largest absolute Gasteiger partial charge is 0.492 e. The molecule has 32 heavy (non-hydrogen) atoms. The number of thioether (sulfide) groups is 1. The van der Waals surface area contributed by atoms with Gasteiger partial charge >= 0.3 is 29.0 Å². The summed E-state index contributed by atoms with van der Waals surface area (Å²) in [5.74, 6) is -0.175. The van der Waals surface area contributed by atoms with Crippen molar-refractivity contribution in [2.45, 2.75) is 37.8 Å².